The second-order valence-electron chi connectivity index (χ2n) is 4.80. The molecule has 0 radical (unpaired) electrons. The highest BCUT2D eigenvalue weighted by molar-refractivity contribution is 6.02. The van der Waals surface area contributed by atoms with E-state index in [1.807, 2.05) is 11.5 Å². The number of nitrogens with one attached hydrogen (secondary N) is 1. The number of anilines is 1. The molecule has 2 aromatic heterocycles. The number of fused-ring (bicyclic) bond motifs is 1. The van der Waals surface area contributed by atoms with E-state index in [-0.39, 0.29) is 5.91 Å². The minimum absolute atomic E-state index is 0.205. The van der Waals surface area contributed by atoms with E-state index in [2.05, 4.69) is 20.6 Å². The molecule has 0 aliphatic carbocycles. The van der Waals surface area contributed by atoms with Crippen LogP contribution in [0.25, 0.3) is 0 Å². The predicted molar refractivity (Wildman–Crippen MR) is 68.9 cm³/mol. The van der Waals surface area contributed by atoms with E-state index in [9.17, 15) is 4.79 Å². The lowest BCUT2D eigenvalue weighted by Crippen LogP contribution is -2.20. The van der Waals surface area contributed by atoms with E-state index in [0.29, 0.717) is 11.6 Å². The molecule has 3 heterocycles. The minimum Gasteiger partial charge on any atom is -0.297 e. The van der Waals surface area contributed by atoms with E-state index in [4.69, 9.17) is 0 Å². The first-order chi connectivity index (χ1) is 9.15. The van der Waals surface area contributed by atoms with E-state index in [0.717, 1.165) is 37.3 Å². The van der Waals surface area contributed by atoms with Crippen molar-refractivity contribution in [2.75, 3.05) is 5.32 Å². The van der Waals surface area contributed by atoms with Crippen LogP contribution in [0.5, 0.6) is 0 Å². The molecule has 1 amide bonds. The second kappa shape index (κ2) is 4.49. The standard InChI is InChI=1S/C12H16N6O/c1-8-7-9(17(2)16-8)11(19)13-12-15-14-10-5-3-4-6-18(10)12/h7H,3-6H2,1-2H3,(H,13,15,19). The molecular formula is C12H16N6O. The third-order valence-corrected chi connectivity index (χ3v) is 3.32. The van der Waals surface area contributed by atoms with Crippen LogP contribution in [0.3, 0.4) is 0 Å². The van der Waals surface area contributed by atoms with Crippen LogP contribution in [0, 0.1) is 6.92 Å². The lowest BCUT2D eigenvalue weighted by atomic mass is 10.2. The molecule has 1 N–H and O–H groups in total. The van der Waals surface area contributed by atoms with Gasteiger partial charge in [0, 0.05) is 20.0 Å². The quantitative estimate of drug-likeness (QED) is 0.870. The van der Waals surface area contributed by atoms with Crippen molar-refractivity contribution in [3.8, 4) is 0 Å². The second-order valence-corrected chi connectivity index (χ2v) is 4.80. The van der Waals surface area contributed by atoms with Gasteiger partial charge in [-0.1, -0.05) is 0 Å². The summed E-state index contributed by atoms with van der Waals surface area (Å²) in [5, 5.41) is 15.1. The monoisotopic (exact) mass is 260 g/mol. The van der Waals surface area contributed by atoms with Crippen molar-refractivity contribution in [2.24, 2.45) is 7.05 Å². The summed E-state index contributed by atoms with van der Waals surface area (Å²) in [6, 6.07) is 1.75. The summed E-state index contributed by atoms with van der Waals surface area (Å²) in [5.41, 5.74) is 1.33. The van der Waals surface area contributed by atoms with Crippen LogP contribution in [0.2, 0.25) is 0 Å². The van der Waals surface area contributed by atoms with Gasteiger partial charge in [-0.2, -0.15) is 5.10 Å². The van der Waals surface area contributed by atoms with Crippen LogP contribution in [0.4, 0.5) is 5.95 Å². The molecule has 0 spiro atoms. The van der Waals surface area contributed by atoms with Crippen molar-refractivity contribution >= 4 is 11.9 Å². The summed E-state index contributed by atoms with van der Waals surface area (Å²) in [6.07, 6.45) is 3.15. The van der Waals surface area contributed by atoms with Crippen LogP contribution in [-0.2, 0) is 20.0 Å². The van der Waals surface area contributed by atoms with Gasteiger partial charge >= 0.3 is 0 Å². The molecule has 0 aromatic carbocycles. The van der Waals surface area contributed by atoms with Gasteiger partial charge in [0.25, 0.3) is 5.91 Å². The number of aryl methyl sites for hydroxylation is 3. The Bertz CT molecular complexity index is 626. The summed E-state index contributed by atoms with van der Waals surface area (Å²) >= 11 is 0. The first-order valence-electron chi connectivity index (χ1n) is 6.39. The molecule has 7 heteroatoms. The number of carbonyl (C=O) groups excluding carboxylic acids is 1. The molecule has 7 nitrogen and oxygen atoms in total. The van der Waals surface area contributed by atoms with E-state index in [1.54, 1.807) is 17.8 Å². The average molecular weight is 260 g/mol. The van der Waals surface area contributed by atoms with Crippen molar-refractivity contribution in [3.63, 3.8) is 0 Å². The molecular weight excluding hydrogens is 244 g/mol. The molecule has 3 rings (SSSR count). The normalized spacial score (nSPS) is 14.2. The average Bonchev–Trinajstić information content (AvgIpc) is 2.94. The summed E-state index contributed by atoms with van der Waals surface area (Å²) < 4.78 is 3.54. The summed E-state index contributed by atoms with van der Waals surface area (Å²) in [5.74, 6) is 1.27. The number of hydrogen-bond donors (Lipinski definition) is 1. The van der Waals surface area contributed by atoms with E-state index in [1.165, 1.54) is 0 Å². The van der Waals surface area contributed by atoms with Crippen LogP contribution < -0.4 is 5.32 Å². The summed E-state index contributed by atoms with van der Waals surface area (Å²) in [4.78, 5) is 12.2. The molecule has 0 saturated carbocycles. The number of carbonyl (C=O) groups is 1. The third kappa shape index (κ3) is 2.11. The Hall–Kier alpha value is -2.18. The summed E-state index contributed by atoms with van der Waals surface area (Å²) in [7, 11) is 1.75. The van der Waals surface area contributed by atoms with Gasteiger partial charge in [-0.25, -0.2) is 0 Å². The topological polar surface area (TPSA) is 77.6 Å². The van der Waals surface area contributed by atoms with Gasteiger partial charge < -0.3 is 0 Å². The smallest absolute Gasteiger partial charge is 0.276 e. The molecule has 0 bridgehead atoms. The molecule has 0 fully saturated rings. The van der Waals surface area contributed by atoms with Crippen molar-refractivity contribution in [1.29, 1.82) is 0 Å². The number of rotatable bonds is 2. The molecule has 100 valence electrons. The highest BCUT2D eigenvalue weighted by Gasteiger charge is 2.19. The highest BCUT2D eigenvalue weighted by atomic mass is 16.2. The Labute approximate surface area is 110 Å². The Morgan fingerprint density at radius 1 is 1.37 bits per heavy atom. The first-order valence-corrected chi connectivity index (χ1v) is 6.39. The van der Waals surface area contributed by atoms with Gasteiger partial charge in [0.15, 0.2) is 0 Å². The maximum atomic E-state index is 12.2. The van der Waals surface area contributed by atoms with Crippen LogP contribution in [0.15, 0.2) is 6.07 Å². The molecule has 0 saturated heterocycles. The fourth-order valence-electron chi connectivity index (χ4n) is 2.39. The highest BCUT2D eigenvalue weighted by Crippen LogP contribution is 2.17. The number of aromatic nitrogens is 5. The van der Waals surface area contributed by atoms with Crippen LogP contribution in [-0.4, -0.2) is 30.5 Å². The predicted octanol–water partition coefficient (Wildman–Crippen LogP) is 0.909. The molecule has 1 aliphatic heterocycles. The Morgan fingerprint density at radius 3 is 2.95 bits per heavy atom. The van der Waals surface area contributed by atoms with Gasteiger partial charge in [-0.15, -0.1) is 10.2 Å². The Kier molecular flexibility index (Phi) is 2.81. The lowest BCUT2D eigenvalue weighted by molar-refractivity contribution is 0.101. The van der Waals surface area contributed by atoms with Crippen molar-refractivity contribution in [1.82, 2.24) is 24.5 Å². The number of hydrogen-bond acceptors (Lipinski definition) is 4. The molecule has 0 unspecified atom stereocenters. The molecule has 19 heavy (non-hydrogen) atoms. The Morgan fingerprint density at radius 2 is 2.21 bits per heavy atom. The van der Waals surface area contributed by atoms with Gasteiger partial charge in [0.1, 0.15) is 11.5 Å². The van der Waals surface area contributed by atoms with Crippen LogP contribution >= 0.6 is 0 Å². The van der Waals surface area contributed by atoms with Crippen molar-refractivity contribution in [2.45, 2.75) is 32.7 Å². The number of nitrogens with zero attached hydrogens (tertiary/aromatic N) is 5. The molecule has 1 aliphatic rings. The first kappa shape index (κ1) is 11.9. The Balaban J connectivity index is 1.83. The van der Waals surface area contributed by atoms with Gasteiger partial charge in [0.2, 0.25) is 5.95 Å². The molecule has 2 aromatic rings. The fraction of sp³-hybridized carbons (Fsp3) is 0.500. The largest absolute Gasteiger partial charge is 0.297 e. The minimum atomic E-state index is -0.205. The third-order valence-electron chi connectivity index (χ3n) is 3.32. The van der Waals surface area contributed by atoms with Gasteiger partial charge in [-0.3, -0.25) is 19.4 Å². The zero-order chi connectivity index (χ0) is 13.4. The van der Waals surface area contributed by atoms with Crippen molar-refractivity contribution in [3.05, 3.63) is 23.3 Å². The van der Waals surface area contributed by atoms with E-state index >= 15 is 0 Å². The van der Waals surface area contributed by atoms with Gasteiger partial charge in [0.05, 0.1) is 5.69 Å². The SMILES string of the molecule is Cc1cc(C(=O)Nc2nnc3n2CCCC3)n(C)n1. The maximum absolute atomic E-state index is 12.2. The zero-order valence-corrected chi connectivity index (χ0v) is 11.1. The maximum Gasteiger partial charge on any atom is 0.276 e. The molecule has 0 atom stereocenters. The summed E-state index contributed by atoms with van der Waals surface area (Å²) in [6.45, 7) is 2.72. The fourth-order valence-corrected chi connectivity index (χ4v) is 2.39. The van der Waals surface area contributed by atoms with Crippen molar-refractivity contribution < 1.29 is 4.79 Å². The number of amides is 1. The van der Waals surface area contributed by atoms with Gasteiger partial charge in [-0.05, 0) is 25.8 Å². The lowest BCUT2D eigenvalue weighted by Gasteiger charge is -2.14. The van der Waals surface area contributed by atoms with Crippen LogP contribution in [0.1, 0.15) is 34.8 Å². The van der Waals surface area contributed by atoms with E-state index < -0.39 is 0 Å². The zero-order valence-electron chi connectivity index (χ0n) is 11.1.